The maximum Gasteiger partial charge on any atom is 0.416 e. The van der Waals surface area contributed by atoms with Gasteiger partial charge in [-0.25, -0.2) is 0 Å². The average molecular weight is 363 g/mol. The summed E-state index contributed by atoms with van der Waals surface area (Å²) in [4.78, 5) is 16.5. The van der Waals surface area contributed by atoms with E-state index in [4.69, 9.17) is 0 Å². The second-order valence-corrected chi connectivity index (χ2v) is 6.54. The molecule has 2 aromatic rings. The van der Waals surface area contributed by atoms with Gasteiger partial charge in [-0.15, -0.1) is 0 Å². The number of carbonyl (C=O) groups is 1. The van der Waals surface area contributed by atoms with Gasteiger partial charge in [0.1, 0.15) is 0 Å². The number of carbonyl (C=O) groups excluding carboxylic acids is 1. The van der Waals surface area contributed by atoms with E-state index < -0.39 is 11.7 Å². The topological polar surface area (TPSA) is 54.0 Å². The van der Waals surface area contributed by atoms with Gasteiger partial charge in [0.2, 0.25) is 5.91 Å². The van der Waals surface area contributed by atoms with Crippen LogP contribution in [0.25, 0.3) is 0 Å². The van der Waals surface area contributed by atoms with Gasteiger partial charge in [-0.1, -0.05) is 18.2 Å². The van der Waals surface area contributed by atoms with Crippen LogP contribution in [0.2, 0.25) is 0 Å². The second kappa shape index (κ2) is 7.45. The van der Waals surface area contributed by atoms with E-state index in [1.807, 2.05) is 19.1 Å². The second-order valence-electron chi connectivity index (χ2n) is 6.54. The Hall–Kier alpha value is -2.41. The molecule has 138 valence electrons. The maximum absolute atomic E-state index is 12.7. The summed E-state index contributed by atoms with van der Waals surface area (Å²) in [5.41, 5.74) is 1.83. The molecule has 1 fully saturated rings. The fourth-order valence-electron chi connectivity index (χ4n) is 3.15. The van der Waals surface area contributed by atoms with E-state index in [1.165, 1.54) is 12.1 Å². The molecule has 0 bridgehead atoms. The summed E-state index contributed by atoms with van der Waals surface area (Å²) in [6.45, 7) is 3.08. The van der Waals surface area contributed by atoms with Crippen LogP contribution in [-0.4, -0.2) is 30.0 Å². The van der Waals surface area contributed by atoms with Crippen LogP contribution >= 0.6 is 0 Å². The molecular weight excluding hydrogens is 343 g/mol. The number of aryl methyl sites for hydroxylation is 1. The number of pyridine rings is 1. The van der Waals surface area contributed by atoms with Gasteiger partial charge in [-0.2, -0.15) is 13.2 Å². The number of benzene rings is 1. The first-order chi connectivity index (χ1) is 12.3. The van der Waals surface area contributed by atoms with E-state index >= 15 is 0 Å². The minimum atomic E-state index is -4.35. The predicted octanol–water partition coefficient (Wildman–Crippen LogP) is 2.82. The Bertz CT molecular complexity index is 757. The van der Waals surface area contributed by atoms with Crippen LogP contribution in [0.3, 0.4) is 0 Å². The van der Waals surface area contributed by atoms with Gasteiger partial charge in [0.05, 0.1) is 12.0 Å². The summed E-state index contributed by atoms with van der Waals surface area (Å²) < 4.78 is 38.1. The van der Waals surface area contributed by atoms with E-state index in [1.54, 1.807) is 6.20 Å². The molecule has 0 radical (unpaired) electrons. The molecule has 1 aliphatic heterocycles. The van der Waals surface area contributed by atoms with Crippen LogP contribution in [0, 0.1) is 6.92 Å². The first-order valence-corrected chi connectivity index (χ1v) is 8.41. The summed E-state index contributed by atoms with van der Waals surface area (Å²) >= 11 is 0. The minimum absolute atomic E-state index is 0.0580. The number of halogens is 3. The molecule has 1 amide bonds. The molecule has 1 aromatic heterocycles. The van der Waals surface area contributed by atoms with Gasteiger partial charge in [0.15, 0.2) is 0 Å². The van der Waals surface area contributed by atoms with Crippen molar-refractivity contribution in [1.29, 1.82) is 0 Å². The molecule has 2 heterocycles. The zero-order valence-corrected chi connectivity index (χ0v) is 14.3. The van der Waals surface area contributed by atoms with Crippen molar-refractivity contribution >= 4 is 5.91 Å². The van der Waals surface area contributed by atoms with E-state index in [2.05, 4.69) is 15.6 Å². The molecule has 0 aliphatic carbocycles. The summed E-state index contributed by atoms with van der Waals surface area (Å²) in [7, 11) is 0. The molecule has 2 unspecified atom stereocenters. The van der Waals surface area contributed by atoms with Crippen molar-refractivity contribution < 1.29 is 18.0 Å². The Morgan fingerprint density at radius 3 is 2.54 bits per heavy atom. The van der Waals surface area contributed by atoms with Crippen LogP contribution in [0.15, 0.2) is 42.6 Å². The van der Waals surface area contributed by atoms with Gasteiger partial charge in [-0.05, 0) is 36.2 Å². The number of alkyl halides is 3. The largest absolute Gasteiger partial charge is 0.416 e. The third-order valence-corrected chi connectivity index (χ3v) is 4.56. The molecule has 2 atom stereocenters. The van der Waals surface area contributed by atoms with Gasteiger partial charge in [0.25, 0.3) is 0 Å². The van der Waals surface area contributed by atoms with Crippen LogP contribution < -0.4 is 10.6 Å². The van der Waals surface area contributed by atoms with Crippen LogP contribution in [0.5, 0.6) is 0 Å². The molecule has 26 heavy (non-hydrogen) atoms. The van der Waals surface area contributed by atoms with Crippen molar-refractivity contribution in [3.63, 3.8) is 0 Å². The van der Waals surface area contributed by atoms with E-state index in [0.29, 0.717) is 13.1 Å². The van der Waals surface area contributed by atoms with Crippen molar-refractivity contribution in [3.05, 3.63) is 65.0 Å². The molecule has 4 nitrogen and oxygen atoms in total. The summed E-state index contributed by atoms with van der Waals surface area (Å²) in [6, 6.07) is 8.72. The number of nitrogens with one attached hydrogen (secondary N) is 2. The zero-order valence-electron chi connectivity index (χ0n) is 14.3. The van der Waals surface area contributed by atoms with Gasteiger partial charge >= 0.3 is 6.18 Å². The average Bonchev–Trinajstić information content (AvgIpc) is 3.04. The number of hydrogen-bond acceptors (Lipinski definition) is 3. The SMILES string of the molecule is Cc1ccc(CC(=O)NC2CNCC2c2ccc(C(F)(F)F)cc2)cn1. The van der Waals surface area contributed by atoms with Crippen molar-refractivity contribution in [2.75, 3.05) is 13.1 Å². The molecule has 1 saturated heterocycles. The van der Waals surface area contributed by atoms with Crippen LogP contribution in [-0.2, 0) is 17.4 Å². The first kappa shape index (κ1) is 18.4. The quantitative estimate of drug-likeness (QED) is 0.878. The molecular formula is C19H20F3N3O. The number of rotatable bonds is 4. The molecule has 2 N–H and O–H groups in total. The van der Waals surface area contributed by atoms with Crippen molar-refractivity contribution in [2.24, 2.45) is 0 Å². The fraction of sp³-hybridized carbons (Fsp3) is 0.368. The minimum Gasteiger partial charge on any atom is -0.351 e. The standard InChI is InChI=1S/C19H20F3N3O/c1-12-2-3-13(9-24-12)8-18(26)25-17-11-23-10-16(17)14-4-6-15(7-5-14)19(20,21)22/h2-7,9,16-17,23H,8,10-11H2,1H3,(H,25,26). The van der Waals surface area contributed by atoms with E-state index in [0.717, 1.165) is 29.0 Å². The van der Waals surface area contributed by atoms with Crippen LogP contribution in [0.4, 0.5) is 13.2 Å². The summed E-state index contributed by atoms with van der Waals surface area (Å²) in [6.07, 6.45) is -2.44. The lowest BCUT2D eigenvalue weighted by molar-refractivity contribution is -0.137. The predicted molar refractivity (Wildman–Crippen MR) is 91.7 cm³/mol. The number of aromatic nitrogens is 1. The normalized spacial score (nSPS) is 20.2. The number of amides is 1. The first-order valence-electron chi connectivity index (χ1n) is 8.41. The Balaban J connectivity index is 1.64. The smallest absolute Gasteiger partial charge is 0.351 e. The lowest BCUT2D eigenvalue weighted by Crippen LogP contribution is -2.40. The van der Waals surface area contributed by atoms with Gasteiger partial charge in [0, 0.05) is 36.9 Å². The molecule has 3 rings (SSSR count). The molecule has 0 saturated carbocycles. The van der Waals surface area contributed by atoms with Crippen molar-refractivity contribution in [1.82, 2.24) is 15.6 Å². The Kier molecular flexibility index (Phi) is 5.27. The van der Waals surface area contributed by atoms with Gasteiger partial charge in [-0.3, -0.25) is 9.78 Å². The third-order valence-electron chi connectivity index (χ3n) is 4.56. The lowest BCUT2D eigenvalue weighted by Gasteiger charge is -2.21. The Labute approximate surface area is 149 Å². The maximum atomic E-state index is 12.7. The zero-order chi connectivity index (χ0) is 18.7. The highest BCUT2D eigenvalue weighted by Gasteiger charge is 2.32. The van der Waals surface area contributed by atoms with Crippen molar-refractivity contribution in [3.8, 4) is 0 Å². The summed E-state index contributed by atoms with van der Waals surface area (Å²) in [5.74, 6) is -0.182. The number of nitrogens with zero attached hydrogens (tertiary/aromatic N) is 1. The summed E-state index contributed by atoms with van der Waals surface area (Å²) in [5, 5.41) is 6.18. The molecule has 1 aromatic carbocycles. The molecule has 7 heteroatoms. The lowest BCUT2D eigenvalue weighted by atomic mass is 9.93. The number of hydrogen-bond donors (Lipinski definition) is 2. The molecule has 0 spiro atoms. The Morgan fingerprint density at radius 1 is 1.19 bits per heavy atom. The highest BCUT2D eigenvalue weighted by molar-refractivity contribution is 5.79. The highest BCUT2D eigenvalue weighted by Crippen LogP contribution is 2.31. The Morgan fingerprint density at radius 2 is 1.92 bits per heavy atom. The van der Waals surface area contributed by atoms with E-state index in [9.17, 15) is 18.0 Å². The highest BCUT2D eigenvalue weighted by atomic mass is 19.4. The monoisotopic (exact) mass is 363 g/mol. The van der Waals surface area contributed by atoms with Gasteiger partial charge < -0.3 is 10.6 Å². The van der Waals surface area contributed by atoms with E-state index in [-0.39, 0.29) is 24.3 Å². The third kappa shape index (κ3) is 4.40. The van der Waals surface area contributed by atoms with Crippen LogP contribution in [0.1, 0.15) is 28.3 Å². The fourth-order valence-corrected chi connectivity index (χ4v) is 3.15. The molecule has 1 aliphatic rings. The van der Waals surface area contributed by atoms with Crippen molar-refractivity contribution in [2.45, 2.75) is 31.5 Å².